The van der Waals surface area contributed by atoms with Crippen LogP contribution in [0.4, 0.5) is 0 Å². The van der Waals surface area contributed by atoms with Gasteiger partial charge in [-0.2, -0.15) is 5.26 Å². The van der Waals surface area contributed by atoms with Gasteiger partial charge in [0.25, 0.3) is 0 Å². The first-order valence-electron chi connectivity index (χ1n) is 11.4. The molecule has 2 aromatic carbocycles. The van der Waals surface area contributed by atoms with Crippen molar-refractivity contribution < 1.29 is 0 Å². The molecular formula is C28H30N2. The smallest absolute Gasteiger partial charge is 0.0991 e. The van der Waals surface area contributed by atoms with Crippen molar-refractivity contribution in [3.05, 3.63) is 83.6 Å². The van der Waals surface area contributed by atoms with E-state index in [1.54, 1.807) is 5.56 Å². The Labute approximate surface area is 179 Å². The molecule has 2 aliphatic rings. The van der Waals surface area contributed by atoms with Crippen molar-refractivity contribution in [2.45, 2.75) is 57.3 Å². The third-order valence-electron chi connectivity index (χ3n) is 7.62. The number of nitrogens with zero attached hydrogens (tertiary/aromatic N) is 1. The minimum absolute atomic E-state index is 0.550. The van der Waals surface area contributed by atoms with Gasteiger partial charge in [0.05, 0.1) is 11.6 Å². The topological polar surface area (TPSA) is 39.6 Å². The van der Waals surface area contributed by atoms with Gasteiger partial charge in [0.1, 0.15) is 0 Å². The lowest BCUT2D eigenvalue weighted by atomic mass is 9.83. The summed E-state index contributed by atoms with van der Waals surface area (Å²) in [7, 11) is 0. The fraction of sp³-hybridized carbons (Fsp3) is 0.393. The van der Waals surface area contributed by atoms with E-state index in [9.17, 15) is 0 Å². The lowest BCUT2D eigenvalue weighted by Gasteiger charge is -2.22. The van der Waals surface area contributed by atoms with Crippen molar-refractivity contribution >= 4 is 10.9 Å². The summed E-state index contributed by atoms with van der Waals surface area (Å²) in [6.45, 7) is 4.54. The Morgan fingerprint density at radius 2 is 1.97 bits per heavy atom. The lowest BCUT2D eigenvalue weighted by molar-refractivity contribution is 0.375. The highest BCUT2D eigenvalue weighted by Gasteiger charge is 2.47. The molecule has 0 radical (unpaired) electrons. The molecule has 1 heterocycles. The normalized spacial score (nSPS) is 22.5. The van der Waals surface area contributed by atoms with Crippen molar-refractivity contribution in [2.75, 3.05) is 0 Å². The minimum Gasteiger partial charge on any atom is -0.361 e. The van der Waals surface area contributed by atoms with Gasteiger partial charge >= 0.3 is 0 Å². The molecule has 1 aromatic heterocycles. The number of aryl methyl sites for hydroxylation is 1. The lowest BCUT2D eigenvalue weighted by Crippen LogP contribution is -2.10. The molecule has 0 aliphatic heterocycles. The molecule has 2 atom stereocenters. The molecule has 0 amide bonds. The van der Waals surface area contributed by atoms with Gasteiger partial charge in [-0.05, 0) is 104 Å². The second-order valence-corrected chi connectivity index (χ2v) is 9.64. The summed E-state index contributed by atoms with van der Waals surface area (Å²) in [6.07, 6.45) is 12.1. The summed E-state index contributed by atoms with van der Waals surface area (Å²) in [5.41, 5.74) is 6.78. The molecule has 152 valence electrons. The van der Waals surface area contributed by atoms with E-state index in [0.29, 0.717) is 17.3 Å². The molecule has 2 fully saturated rings. The molecule has 2 nitrogen and oxygen atoms in total. The van der Waals surface area contributed by atoms with Crippen LogP contribution in [0.2, 0.25) is 0 Å². The number of H-pyrrole nitrogens is 1. The molecule has 2 aliphatic carbocycles. The van der Waals surface area contributed by atoms with Crippen LogP contribution in [-0.2, 0) is 6.42 Å². The largest absolute Gasteiger partial charge is 0.361 e. The molecule has 1 spiro atoms. The maximum absolute atomic E-state index is 9.14. The number of nitriles is 1. The molecule has 5 rings (SSSR count). The molecule has 1 N–H and O–H groups in total. The molecule has 0 saturated heterocycles. The van der Waals surface area contributed by atoms with Crippen molar-refractivity contribution in [1.82, 2.24) is 4.98 Å². The zero-order valence-corrected chi connectivity index (χ0v) is 17.7. The SMILES string of the molecule is C=C(CCc1cccc(C#N)c1)C1CCC(c2cccc3[nH]ccc23)CC2(CC2)C1. The second-order valence-electron chi connectivity index (χ2n) is 9.64. The van der Waals surface area contributed by atoms with Gasteiger partial charge < -0.3 is 4.98 Å². The number of aromatic nitrogens is 1. The van der Waals surface area contributed by atoms with Crippen molar-refractivity contribution in [3.63, 3.8) is 0 Å². The third-order valence-corrected chi connectivity index (χ3v) is 7.62. The Bertz CT molecular complexity index is 1110. The van der Waals surface area contributed by atoms with Gasteiger partial charge in [0.2, 0.25) is 0 Å². The fourth-order valence-electron chi connectivity index (χ4n) is 5.71. The van der Waals surface area contributed by atoms with E-state index in [0.717, 1.165) is 18.4 Å². The highest BCUT2D eigenvalue weighted by atomic mass is 14.7. The van der Waals surface area contributed by atoms with Gasteiger partial charge in [-0.25, -0.2) is 0 Å². The summed E-state index contributed by atoms with van der Waals surface area (Å²) in [5, 5.41) is 10.6. The number of benzene rings is 2. The monoisotopic (exact) mass is 394 g/mol. The Balaban J connectivity index is 1.29. The zero-order chi connectivity index (χ0) is 20.6. The van der Waals surface area contributed by atoms with E-state index >= 15 is 0 Å². The van der Waals surface area contributed by atoms with Crippen LogP contribution >= 0.6 is 0 Å². The maximum Gasteiger partial charge on any atom is 0.0991 e. The first-order chi connectivity index (χ1) is 14.7. The number of rotatable bonds is 5. The van der Waals surface area contributed by atoms with Crippen LogP contribution in [0.1, 0.15) is 67.6 Å². The van der Waals surface area contributed by atoms with Crippen LogP contribution in [-0.4, -0.2) is 4.98 Å². The predicted molar refractivity (Wildman–Crippen MR) is 123 cm³/mol. The Kier molecular flexibility index (Phi) is 4.99. The van der Waals surface area contributed by atoms with Gasteiger partial charge in [-0.1, -0.05) is 36.4 Å². The number of aromatic amines is 1. The quantitative estimate of drug-likeness (QED) is 0.454. The van der Waals surface area contributed by atoms with E-state index in [1.807, 2.05) is 18.2 Å². The highest BCUT2D eigenvalue weighted by Crippen LogP contribution is 2.60. The first-order valence-corrected chi connectivity index (χ1v) is 11.4. The number of nitrogens with one attached hydrogen (secondary N) is 1. The van der Waals surface area contributed by atoms with Gasteiger partial charge in [-0.3, -0.25) is 0 Å². The van der Waals surface area contributed by atoms with Crippen molar-refractivity contribution in [3.8, 4) is 6.07 Å². The first kappa shape index (κ1) is 19.2. The van der Waals surface area contributed by atoms with Crippen LogP contribution < -0.4 is 0 Å². The molecule has 2 unspecified atom stereocenters. The number of hydrogen-bond acceptors (Lipinski definition) is 1. The average Bonchev–Trinajstić information content (AvgIpc) is 3.42. The second kappa shape index (κ2) is 7.80. The summed E-state index contributed by atoms with van der Waals surface area (Å²) in [5.74, 6) is 1.30. The van der Waals surface area contributed by atoms with E-state index in [2.05, 4.69) is 54.2 Å². The molecular weight excluding hydrogens is 364 g/mol. The maximum atomic E-state index is 9.14. The average molecular weight is 395 g/mol. The molecule has 30 heavy (non-hydrogen) atoms. The van der Waals surface area contributed by atoms with Gasteiger partial charge in [-0.15, -0.1) is 0 Å². The molecule has 3 aromatic rings. The summed E-state index contributed by atoms with van der Waals surface area (Å²) >= 11 is 0. The van der Waals surface area contributed by atoms with E-state index in [-0.39, 0.29) is 0 Å². The van der Waals surface area contributed by atoms with Crippen LogP contribution in [0.3, 0.4) is 0 Å². The number of hydrogen-bond donors (Lipinski definition) is 1. The van der Waals surface area contributed by atoms with Crippen LogP contribution in [0, 0.1) is 22.7 Å². The molecule has 2 saturated carbocycles. The molecule has 0 bridgehead atoms. The zero-order valence-electron chi connectivity index (χ0n) is 17.7. The number of fused-ring (bicyclic) bond motifs is 1. The van der Waals surface area contributed by atoms with Crippen molar-refractivity contribution in [2.24, 2.45) is 11.3 Å². The van der Waals surface area contributed by atoms with E-state index < -0.39 is 0 Å². The number of allylic oxidation sites excluding steroid dienone is 1. The predicted octanol–water partition coefficient (Wildman–Crippen LogP) is 7.28. The van der Waals surface area contributed by atoms with Crippen LogP contribution in [0.5, 0.6) is 0 Å². The summed E-state index contributed by atoms with van der Waals surface area (Å²) < 4.78 is 0. The van der Waals surface area contributed by atoms with Gasteiger partial charge in [0, 0.05) is 17.1 Å². The third kappa shape index (κ3) is 3.82. The Morgan fingerprint density at radius 3 is 2.80 bits per heavy atom. The van der Waals surface area contributed by atoms with Crippen LogP contribution in [0.25, 0.3) is 10.9 Å². The minimum atomic E-state index is 0.550. The summed E-state index contributed by atoms with van der Waals surface area (Å²) in [6, 6.07) is 19.3. The molecule has 2 heteroatoms. The van der Waals surface area contributed by atoms with Crippen molar-refractivity contribution in [1.29, 1.82) is 5.26 Å². The Morgan fingerprint density at radius 1 is 1.10 bits per heavy atom. The fourth-order valence-corrected chi connectivity index (χ4v) is 5.71. The highest BCUT2D eigenvalue weighted by molar-refractivity contribution is 5.83. The van der Waals surface area contributed by atoms with Gasteiger partial charge in [0.15, 0.2) is 0 Å². The standard InChI is InChI=1S/C28H30N2/c1-20(8-9-21-4-2-5-22(16-21)19-29)23-10-11-24(18-28(17-23)13-14-28)25-6-3-7-27-26(25)12-15-30-27/h2-7,12,15-16,23-24,30H,1,8-11,13-14,17-18H2. The Hall–Kier alpha value is -2.79. The van der Waals surface area contributed by atoms with E-state index in [1.165, 1.54) is 60.6 Å². The summed E-state index contributed by atoms with van der Waals surface area (Å²) in [4.78, 5) is 3.38. The van der Waals surface area contributed by atoms with E-state index in [4.69, 9.17) is 5.26 Å². The van der Waals surface area contributed by atoms with Crippen LogP contribution in [0.15, 0.2) is 66.9 Å².